The van der Waals surface area contributed by atoms with Crippen molar-refractivity contribution in [2.45, 2.75) is 26.3 Å². The summed E-state index contributed by atoms with van der Waals surface area (Å²) in [6.45, 7) is 3.26. The zero-order chi connectivity index (χ0) is 24.4. The molecule has 4 aromatic carbocycles. The maximum Gasteiger partial charge on any atom is 0.124 e. The predicted octanol–water partition coefficient (Wildman–Crippen LogP) is 7.78. The number of fused-ring (bicyclic) bond motifs is 3. The number of hydrogen-bond donors (Lipinski definition) is 1. The summed E-state index contributed by atoms with van der Waals surface area (Å²) in [5, 5.41) is 13.0. The molecule has 0 saturated heterocycles. The quantitative estimate of drug-likeness (QED) is 0.251. The van der Waals surface area contributed by atoms with Gasteiger partial charge in [0.1, 0.15) is 5.75 Å². The fourth-order valence-corrected chi connectivity index (χ4v) is 4.61. The Kier molecular flexibility index (Phi) is 6.28. The van der Waals surface area contributed by atoms with Gasteiger partial charge in [-0.05, 0) is 72.1 Å². The van der Waals surface area contributed by atoms with Crippen molar-refractivity contribution in [2.75, 3.05) is 19.0 Å². The number of aromatic nitrogens is 1. The number of phenols is 1. The van der Waals surface area contributed by atoms with E-state index in [1.165, 1.54) is 28.2 Å². The molecule has 5 aromatic rings. The van der Waals surface area contributed by atoms with Gasteiger partial charge in [-0.3, -0.25) is 4.99 Å². The standard InChI is InChI=1S/C31H31N3O/c1-4-5-18-34-29-9-7-6-8-27(29)28-20-23(10-16-30(28)34)22-11-17-31(35)24(19-22)21-32-25-12-14-26(15-13-25)33(2)3/h6-17,19-21,35H,4-5,18H2,1-3H3. The Bertz CT molecular complexity index is 1510. The van der Waals surface area contributed by atoms with Crippen LogP contribution >= 0.6 is 0 Å². The minimum atomic E-state index is 0.222. The summed E-state index contributed by atoms with van der Waals surface area (Å²) in [5.74, 6) is 0.222. The Morgan fingerprint density at radius 2 is 1.54 bits per heavy atom. The van der Waals surface area contributed by atoms with Gasteiger partial charge < -0.3 is 14.6 Å². The number of aliphatic imine (C=N–C) groups is 1. The average molecular weight is 462 g/mol. The van der Waals surface area contributed by atoms with Crippen molar-refractivity contribution in [3.8, 4) is 16.9 Å². The van der Waals surface area contributed by atoms with E-state index < -0.39 is 0 Å². The van der Waals surface area contributed by atoms with E-state index in [1.807, 2.05) is 50.5 Å². The van der Waals surface area contributed by atoms with Crippen LogP contribution < -0.4 is 4.90 Å². The van der Waals surface area contributed by atoms with Gasteiger partial charge >= 0.3 is 0 Å². The third-order valence-electron chi connectivity index (χ3n) is 6.59. The summed E-state index contributed by atoms with van der Waals surface area (Å²) in [7, 11) is 4.03. The summed E-state index contributed by atoms with van der Waals surface area (Å²) < 4.78 is 2.44. The molecule has 35 heavy (non-hydrogen) atoms. The summed E-state index contributed by atoms with van der Waals surface area (Å²) in [6, 6.07) is 29.1. The maximum absolute atomic E-state index is 10.5. The monoisotopic (exact) mass is 461 g/mol. The highest BCUT2D eigenvalue weighted by molar-refractivity contribution is 6.09. The lowest BCUT2D eigenvalue weighted by Gasteiger charge is -2.11. The van der Waals surface area contributed by atoms with E-state index in [4.69, 9.17) is 0 Å². The van der Waals surface area contributed by atoms with Crippen molar-refractivity contribution >= 4 is 39.4 Å². The predicted molar refractivity (Wildman–Crippen MR) is 149 cm³/mol. The van der Waals surface area contributed by atoms with E-state index in [0.29, 0.717) is 5.56 Å². The molecule has 0 saturated carbocycles. The molecule has 0 atom stereocenters. The first-order chi connectivity index (χ1) is 17.0. The Morgan fingerprint density at radius 1 is 0.829 bits per heavy atom. The minimum absolute atomic E-state index is 0.222. The lowest BCUT2D eigenvalue weighted by molar-refractivity contribution is 0.474. The van der Waals surface area contributed by atoms with Crippen LogP contribution in [0, 0.1) is 0 Å². The normalized spacial score (nSPS) is 11.6. The first kappa shape index (κ1) is 22.7. The van der Waals surface area contributed by atoms with Gasteiger partial charge in [-0.1, -0.05) is 43.7 Å². The number of benzene rings is 4. The zero-order valence-corrected chi connectivity index (χ0v) is 20.6. The van der Waals surface area contributed by atoms with E-state index in [0.717, 1.165) is 35.5 Å². The molecule has 4 nitrogen and oxygen atoms in total. The van der Waals surface area contributed by atoms with Crippen molar-refractivity contribution < 1.29 is 5.11 Å². The molecule has 1 heterocycles. The Balaban J connectivity index is 1.51. The number of anilines is 1. The van der Waals surface area contributed by atoms with Crippen molar-refractivity contribution in [2.24, 2.45) is 4.99 Å². The van der Waals surface area contributed by atoms with Crippen LogP contribution in [0.1, 0.15) is 25.3 Å². The molecule has 0 bridgehead atoms. The molecule has 0 aliphatic carbocycles. The molecule has 0 aliphatic heterocycles. The lowest BCUT2D eigenvalue weighted by Crippen LogP contribution is -2.07. The number of unbranched alkanes of at least 4 members (excludes halogenated alkanes) is 1. The molecule has 4 heteroatoms. The molecule has 0 spiro atoms. The van der Waals surface area contributed by atoms with Crippen LogP contribution in [-0.2, 0) is 6.54 Å². The van der Waals surface area contributed by atoms with Crippen molar-refractivity contribution in [1.82, 2.24) is 4.57 Å². The molecule has 0 unspecified atom stereocenters. The second-order valence-corrected chi connectivity index (χ2v) is 9.20. The van der Waals surface area contributed by atoms with Crippen LogP contribution in [0.4, 0.5) is 11.4 Å². The second-order valence-electron chi connectivity index (χ2n) is 9.20. The molecule has 176 valence electrons. The second kappa shape index (κ2) is 9.67. The highest BCUT2D eigenvalue weighted by Crippen LogP contribution is 2.34. The van der Waals surface area contributed by atoms with E-state index in [1.54, 1.807) is 12.3 Å². The molecule has 1 aromatic heterocycles. The Hall–Kier alpha value is -4.05. The van der Waals surface area contributed by atoms with Gasteiger partial charge in [0.2, 0.25) is 0 Å². The number of phenolic OH excluding ortho intramolecular Hbond substituents is 1. The van der Waals surface area contributed by atoms with Gasteiger partial charge in [0.05, 0.1) is 5.69 Å². The van der Waals surface area contributed by atoms with Crippen LogP contribution in [0.25, 0.3) is 32.9 Å². The summed E-state index contributed by atoms with van der Waals surface area (Å²) in [4.78, 5) is 6.64. The summed E-state index contributed by atoms with van der Waals surface area (Å²) >= 11 is 0. The van der Waals surface area contributed by atoms with Gasteiger partial charge in [0.25, 0.3) is 0 Å². The van der Waals surface area contributed by atoms with E-state index >= 15 is 0 Å². The highest BCUT2D eigenvalue weighted by atomic mass is 16.3. The summed E-state index contributed by atoms with van der Waals surface area (Å²) in [5.41, 5.74) is 7.41. The minimum Gasteiger partial charge on any atom is -0.507 e. The fraction of sp³-hybridized carbons (Fsp3) is 0.194. The first-order valence-corrected chi connectivity index (χ1v) is 12.2. The smallest absolute Gasteiger partial charge is 0.124 e. The van der Waals surface area contributed by atoms with E-state index in [-0.39, 0.29) is 5.75 Å². The van der Waals surface area contributed by atoms with Gasteiger partial charge in [-0.2, -0.15) is 0 Å². The third-order valence-corrected chi connectivity index (χ3v) is 6.59. The van der Waals surface area contributed by atoms with E-state index in [9.17, 15) is 5.11 Å². The summed E-state index contributed by atoms with van der Waals surface area (Å²) in [6.07, 6.45) is 4.07. The zero-order valence-electron chi connectivity index (χ0n) is 20.6. The van der Waals surface area contributed by atoms with Crippen LogP contribution in [0.3, 0.4) is 0 Å². The molecule has 0 fully saturated rings. The third kappa shape index (κ3) is 4.52. The SMILES string of the molecule is CCCCn1c2ccccc2c2cc(-c3ccc(O)c(C=Nc4ccc(N(C)C)cc4)c3)ccc21. The van der Waals surface area contributed by atoms with E-state index in [2.05, 4.69) is 63.8 Å². The number of aryl methyl sites for hydroxylation is 1. The van der Waals surface area contributed by atoms with Crippen LogP contribution in [0.2, 0.25) is 0 Å². The lowest BCUT2D eigenvalue weighted by atomic mass is 10.0. The Morgan fingerprint density at radius 3 is 2.31 bits per heavy atom. The molecular formula is C31H31N3O. The largest absolute Gasteiger partial charge is 0.507 e. The number of hydrogen-bond acceptors (Lipinski definition) is 3. The number of nitrogens with zero attached hydrogens (tertiary/aromatic N) is 3. The van der Waals surface area contributed by atoms with Crippen LogP contribution in [0.15, 0.2) is 89.9 Å². The van der Waals surface area contributed by atoms with Crippen molar-refractivity contribution in [1.29, 1.82) is 0 Å². The molecular weight excluding hydrogens is 430 g/mol. The van der Waals surface area contributed by atoms with Gasteiger partial charge in [-0.25, -0.2) is 0 Å². The topological polar surface area (TPSA) is 40.8 Å². The molecule has 0 radical (unpaired) electrons. The van der Waals surface area contributed by atoms with Gasteiger partial charge in [-0.15, -0.1) is 0 Å². The van der Waals surface area contributed by atoms with Crippen molar-refractivity contribution in [3.05, 3.63) is 90.5 Å². The maximum atomic E-state index is 10.5. The van der Waals surface area contributed by atoms with Crippen LogP contribution in [-0.4, -0.2) is 30.0 Å². The first-order valence-electron chi connectivity index (χ1n) is 12.2. The Labute approximate surface area is 206 Å². The number of aromatic hydroxyl groups is 1. The average Bonchev–Trinajstić information content (AvgIpc) is 3.20. The number of rotatable bonds is 7. The highest BCUT2D eigenvalue weighted by Gasteiger charge is 2.12. The fourth-order valence-electron chi connectivity index (χ4n) is 4.61. The van der Waals surface area contributed by atoms with Gasteiger partial charge in [0.15, 0.2) is 0 Å². The molecule has 1 N–H and O–H groups in total. The molecule has 0 amide bonds. The van der Waals surface area contributed by atoms with Crippen molar-refractivity contribution in [3.63, 3.8) is 0 Å². The molecule has 5 rings (SSSR count). The molecule has 0 aliphatic rings. The van der Waals surface area contributed by atoms with Crippen LogP contribution in [0.5, 0.6) is 5.75 Å². The number of para-hydroxylation sites is 1. The van der Waals surface area contributed by atoms with Gasteiger partial charge in [0, 0.05) is 59.9 Å².